The van der Waals surface area contributed by atoms with E-state index in [1.807, 2.05) is 0 Å². The first-order valence-electron chi connectivity index (χ1n) is 46.8. The van der Waals surface area contributed by atoms with Crippen LogP contribution in [-0.4, -0.2) is 55.2 Å². The van der Waals surface area contributed by atoms with E-state index in [2.05, 4.69) is 616 Å². The van der Waals surface area contributed by atoms with Crippen LogP contribution in [0.15, 0.2) is 144 Å². The minimum Gasteiger partial charge on any atom is -0.748 e. The Morgan fingerprint density at radius 3 is 1.07 bits per heavy atom. The molecule has 0 saturated heterocycles. The van der Waals surface area contributed by atoms with Crippen molar-refractivity contribution >= 4 is 54.4 Å². The second-order valence-corrected chi connectivity index (χ2v) is 32.8. The van der Waals surface area contributed by atoms with Gasteiger partial charge in [0.25, 0.3) is 0 Å². The predicted octanol–water partition coefficient (Wildman–Crippen LogP) is 14.3. The molecule has 1 aliphatic carbocycles. The number of terminal acetylenes is 1. The van der Waals surface area contributed by atoms with Crippen molar-refractivity contribution in [3.8, 4) is 444 Å². The third-order valence-electron chi connectivity index (χ3n) is 20.4. The summed E-state index contributed by atoms with van der Waals surface area (Å²) in [5.41, 5.74) is 10.6. The first kappa shape index (κ1) is 117. The third-order valence-corrected chi connectivity index (χ3v) is 21.2. The van der Waals surface area contributed by atoms with Crippen LogP contribution in [-0.2, 0) is 20.9 Å². The van der Waals surface area contributed by atoms with Gasteiger partial charge in [0.15, 0.2) is 5.71 Å². The summed E-state index contributed by atoms with van der Waals surface area (Å²) >= 11 is 0. The van der Waals surface area contributed by atoms with Crippen molar-refractivity contribution in [2.45, 2.75) is 169 Å². The Labute approximate surface area is 908 Å². The second-order valence-electron chi connectivity index (χ2n) is 31.2. The standard InChI is InChI=1S/C75H4.C65H83N3O4S.Na/c1-3-5-7-9-11-13-15-17-19-21-23-25-27-29-31-33-35-37-39-41-43-45-47-49-51-53-55-57-59-61-63-65-67-69-71-73-75-74-72-70-68-66-64-62-60-58-56-54-52-50-48-46-44-42-40-38-36-34-32-30-28-26-24-22-20-18-16-14-12-10-8-6-4-2;1-8-11-14-21-44-66(45-22-15-12-9-2)53-36-38-54(39-37-53)72-63-51(34-42-59-64(4,5)61-55-30-18-16-26-49(55)32-40-57(61)67(59)46-20-13-10-3)28-25-29-52(63)35-43-60-65(6,7)62-56-31-19-17-27-50(56)33-41-58(62)68(60)47-23-24-48-73(69,70)71;/h1H,2H3;16-19,26-27,30-43H,8-15,20-25,28-29,44-48H2,1-7H3;/q;;+1. The Hall–Kier alpha value is -20.7. The summed E-state index contributed by atoms with van der Waals surface area (Å²) < 4.78 is 44.6. The molecular weight excluding hydrogens is 1840 g/mol. The fraction of sp³-hybridized carbons (Fsp3) is 0.221. The molecule has 8 rings (SSSR count). The fourth-order valence-electron chi connectivity index (χ4n) is 14.3. The van der Waals surface area contributed by atoms with Crippen LogP contribution in [0.3, 0.4) is 0 Å². The minimum absolute atomic E-state index is 0. The average molecular weight is 1930 g/mol. The van der Waals surface area contributed by atoms with E-state index in [4.69, 9.17) is 11.2 Å². The molecule has 0 spiro atoms. The molecule has 0 saturated carbocycles. The van der Waals surface area contributed by atoms with E-state index in [0.29, 0.717) is 19.4 Å². The van der Waals surface area contributed by atoms with Crippen molar-refractivity contribution in [3.63, 3.8) is 0 Å². The quantitative estimate of drug-likeness (QED) is 0.0191. The van der Waals surface area contributed by atoms with Gasteiger partial charge in [0.05, 0.1) is 15.5 Å². The van der Waals surface area contributed by atoms with E-state index < -0.39 is 10.1 Å². The number of benzene rings is 5. The van der Waals surface area contributed by atoms with Gasteiger partial charge in [-0.25, -0.2) is 8.42 Å². The number of rotatable bonds is 25. The molecular formula is C140H87N3NaO4S+. The topological polar surface area (TPSA) is 75.9 Å². The number of anilines is 2. The smallest absolute Gasteiger partial charge is 0.748 e. The van der Waals surface area contributed by atoms with Gasteiger partial charge in [0.1, 0.15) is 18.1 Å². The van der Waals surface area contributed by atoms with Gasteiger partial charge in [-0.1, -0.05) is 153 Å². The molecule has 0 N–H and O–H groups in total. The molecule has 0 amide bonds. The van der Waals surface area contributed by atoms with E-state index in [1.165, 1.54) is 120 Å². The molecule has 0 unspecified atom stereocenters. The normalized spacial score (nSPS) is 10.6. The van der Waals surface area contributed by atoms with Gasteiger partial charge in [0, 0.05) is 404 Å². The minimum atomic E-state index is -4.30. The number of nitrogens with zero attached hydrogens (tertiary/aromatic N) is 3. The third kappa shape index (κ3) is 46.9. The molecule has 0 bridgehead atoms. The van der Waals surface area contributed by atoms with Crippen molar-refractivity contribution in [2.75, 3.05) is 41.7 Å². The molecule has 0 fully saturated rings. The number of fused-ring (bicyclic) bond motifs is 6. The van der Waals surface area contributed by atoms with E-state index in [0.717, 1.165) is 73.8 Å². The molecule has 0 aromatic heterocycles. The molecule has 5 aromatic rings. The Kier molecular flexibility index (Phi) is 57.6. The molecule has 7 nitrogen and oxygen atoms in total. The zero-order valence-corrected chi connectivity index (χ0v) is 87.2. The average Bonchev–Trinajstić information content (AvgIpc) is 1.57. The van der Waals surface area contributed by atoms with Crippen molar-refractivity contribution in [1.82, 2.24) is 0 Å². The molecule has 2 heterocycles. The summed E-state index contributed by atoms with van der Waals surface area (Å²) in [5, 5.41) is 5.02. The van der Waals surface area contributed by atoms with Gasteiger partial charge in [0.2, 0.25) is 5.69 Å². The van der Waals surface area contributed by atoms with Gasteiger partial charge in [-0.05, 0) is 247 Å². The SMILES string of the molecule is C#CC#CC#CC#CC#CC#CC#CC#CC#CC#CC#CC#CC#CC#CC#CC#CC#CC#CC#CC#CC#CC#CC#CC#CC#CC#CC#CC#CC#CC#CC#CC#CC#CC#CC#CC#CC#CC.CCCCCCN(CCCCCC)c1ccc(OC2=C(/C=C/C3=[N+](CCCCS(=O)(=O)[O-])c4ccc5ccccc5c4C3(C)C)CCC/C2=C\C=C2\N(CCCCC)c3ccc4ccccc4c3C2(C)C)cc1.[Na+]. The van der Waals surface area contributed by atoms with Crippen LogP contribution in [0.2, 0.25) is 0 Å². The summed E-state index contributed by atoms with van der Waals surface area (Å²) in [6.07, 6.45) is 31.5. The molecule has 9 heteroatoms. The summed E-state index contributed by atoms with van der Waals surface area (Å²) in [5.74, 6) is 183. The first-order valence-corrected chi connectivity index (χ1v) is 48.4. The summed E-state index contributed by atoms with van der Waals surface area (Å²) in [4.78, 5) is 5.18. The number of unbranched alkanes of at least 4 members (excludes halogenated alkanes) is 9. The maximum absolute atomic E-state index is 11.7. The summed E-state index contributed by atoms with van der Waals surface area (Å²) in [6, 6.07) is 35.4. The predicted molar refractivity (Wildman–Crippen MR) is 603 cm³/mol. The van der Waals surface area contributed by atoms with Crippen molar-refractivity contribution in [2.24, 2.45) is 0 Å². The van der Waals surface area contributed by atoms with Gasteiger partial charge >= 0.3 is 29.6 Å². The molecule has 0 atom stereocenters. The Morgan fingerprint density at radius 1 is 0.376 bits per heavy atom. The van der Waals surface area contributed by atoms with Gasteiger partial charge in [-0.3, -0.25) is 0 Å². The number of hydrogen-bond acceptors (Lipinski definition) is 6. The molecule has 0 radical (unpaired) electrons. The molecule has 5 aromatic carbocycles. The largest absolute Gasteiger partial charge is 1.00 e. The van der Waals surface area contributed by atoms with Crippen molar-refractivity contribution < 1.29 is 51.8 Å². The van der Waals surface area contributed by atoms with Crippen molar-refractivity contribution in [1.29, 1.82) is 0 Å². The van der Waals surface area contributed by atoms with Crippen molar-refractivity contribution in [3.05, 3.63) is 155 Å². The Balaban J connectivity index is 0.000000452. The zero-order valence-electron chi connectivity index (χ0n) is 84.4. The number of allylic oxidation sites excluding steroid dienone is 7. The van der Waals surface area contributed by atoms with Crippen LogP contribution < -0.4 is 44.1 Å². The monoisotopic (exact) mass is 1930 g/mol. The van der Waals surface area contributed by atoms with Gasteiger partial charge in [-0.15, -0.1) is 6.42 Å². The van der Waals surface area contributed by atoms with E-state index >= 15 is 0 Å². The van der Waals surface area contributed by atoms with Crippen LogP contribution in [0.4, 0.5) is 17.1 Å². The van der Waals surface area contributed by atoms with Crippen LogP contribution in [0.25, 0.3) is 21.5 Å². The van der Waals surface area contributed by atoms with Gasteiger partial charge < -0.3 is 19.1 Å². The van der Waals surface area contributed by atoms with E-state index in [-0.39, 0.29) is 46.1 Å². The van der Waals surface area contributed by atoms with Crippen LogP contribution in [0.5, 0.6) is 5.75 Å². The summed E-state index contributed by atoms with van der Waals surface area (Å²) in [7, 11) is -4.30. The van der Waals surface area contributed by atoms with E-state index in [1.54, 1.807) is 6.92 Å². The van der Waals surface area contributed by atoms with Crippen LogP contribution >= 0.6 is 0 Å². The molecule has 692 valence electrons. The number of ether oxygens (including phenoxy) is 1. The molecule has 2 aliphatic heterocycles. The zero-order chi connectivity index (χ0) is 105. The molecule has 149 heavy (non-hydrogen) atoms. The fourth-order valence-corrected chi connectivity index (χ4v) is 14.8. The maximum atomic E-state index is 11.7. The second kappa shape index (κ2) is 73.4. The number of hydrogen-bond donors (Lipinski definition) is 0. The van der Waals surface area contributed by atoms with Gasteiger partial charge in [-0.2, -0.15) is 4.58 Å². The Bertz CT molecular complexity index is 9020. The Morgan fingerprint density at radius 2 is 0.718 bits per heavy atom. The van der Waals surface area contributed by atoms with Crippen LogP contribution in [0, 0.1) is 439 Å². The summed E-state index contributed by atoms with van der Waals surface area (Å²) in [6.45, 7) is 21.7. The maximum Gasteiger partial charge on any atom is 1.00 e. The molecule has 3 aliphatic rings. The van der Waals surface area contributed by atoms with Crippen LogP contribution in [0.1, 0.15) is 169 Å². The first-order chi connectivity index (χ1) is 72.7. The van der Waals surface area contributed by atoms with E-state index in [9.17, 15) is 13.0 Å².